The van der Waals surface area contributed by atoms with Gasteiger partial charge in [0.2, 0.25) is 11.8 Å². The molecule has 0 aliphatic carbocycles. The monoisotopic (exact) mass is 533 g/mol. The fraction of sp³-hybridized carbons (Fsp3) is 0.200. The summed E-state index contributed by atoms with van der Waals surface area (Å²) in [5.74, 6) is -0.223. The Morgan fingerprint density at radius 3 is 2.51 bits per heavy atom. The molecule has 0 unspecified atom stereocenters. The summed E-state index contributed by atoms with van der Waals surface area (Å²) in [7, 11) is 1.49. The van der Waals surface area contributed by atoms with Crippen molar-refractivity contribution in [2.75, 3.05) is 24.0 Å². The smallest absolute Gasteiger partial charge is 0.243 e. The summed E-state index contributed by atoms with van der Waals surface area (Å²) in [6.45, 7) is 0.478. The zero-order valence-electron chi connectivity index (χ0n) is 18.7. The number of halogens is 3. The Morgan fingerprint density at radius 1 is 1.06 bits per heavy atom. The van der Waals surface area contributed by atoms with Crippen molar-refractivity contribution in [3.63, 3.8) is 0 Å². The average Bonchev–Trinajstić information content (AvgIpc) is 3.24. The number of rotatable bonds is 8. The highest BCUT2D eigenvalue weighted by atomic mass is 35.5. The zero-order chi connectivity index (χ0) is 24.9. The van der Waals surface area contributed by atoms with Crippen molar-refractivity contribution in [2.24, 2.45) is 5.92 Å². The number of ether oxygens (including phenoxy) is 2. The minimum absolute atomic E-state index is 0.106. The van der Waals surface area contributed by atoms with Crippen LogP contribution in [0.1, 0.15) is 12.0 Å². The summed E-state index contributed by atoms with van der Waals surface area (Å²) in [4.78, 5) is 26.7. The summed E-state index contributed by atoms with van der Waals surface area (Å²) in [6.07, 6.45) is 0.106. The number of benzene rings is 3. The summed E-state index contributed by atoms with van der Waals surface area (Å²) < 4.78 is 11.3. The number of methoxy groups -OCH3 is 1. The molecule has 0 spiro atoms. The van der Waals surface area contributed by atoms with Crippen LogP contribution >= 0.6 is 34.8 Å². The first-order valence-corrected chi connectivity index (χ1v) is 11.8. The van der Waals surface area contributed by atoms with Crippen LogP contribution in [0.2, 0.25) is 15.1 Å². The molecule has 7 nitrogen and oxygen atoms in total. The second-order valence-corrected chi connectivity index (χ2v) is 9.12. The molecule has 1 aliphatic rings. The SMILES string of the molecule is COc1cc(NNC(=O)[C@H]2CC(=O)N(c3ccc(Cl)cc3)C2)cc(Cl)c1OCc1ccccc1Cl. The zero-order valence-corrected chi connectivity index (χ0v) is 21.0. The third-order valence-electron chi connectivity index (χ3n) is 5.52. The van der Waals surface area contributed by atoms with Gasteiger partial charge in [0.05, 0.1) is 23.7 Å². The Morgan fingerprint density at radius 2 is 1.80 bits per heavy atom. The highest BCUT2D eigenvalue weighted by molar-refractivity contribution is 6.32. The Balaban J connectivity index is 1.38. The van der Waals surface area contributed by atoms with Crippen LogP contribution in [-0.2, 0) is 16.2 Å². The van der Waals surface area contributed by atoms with E-state index in [1.165, 1.54) is 7.11 Å². The minimum Gasteiger partial charge on any atom is -0.493 e. The van der Waals surface area contributed by atoms with Crippen molar-refractivity contribution >= 4 is 58.0 Å². The molecule has 2 amide bonds. The fourth-order valence-corrected chi connectivity index (χ4v) is 4.27. The van der Waals surface area contributed by atoms with Gasteiger partial charge in [-0.25, -0.2) is 0 Å². The lowest BCUT2D eigenvalue weighted by atomic mass is 10.1. The van der Waals surface area contributed by atoms with Crippen LogP contribution in [0.4, 0.5) is 11.4 Å². The number of carbonyl (C=O) groups excluding carboxylic acids is 2. The minimum atomic E-state index is -0.513. The van der Waals surface area contributed by atoms with Gasteiger partial charge in [0.25, 0.3) is 0 Å². The van der Waals surface area contributed by atoms with Gasteiger partial charge in [-0.05, 0) is 36.4 Å². The van der Waals surface area contributed by atoms with Crippen molar-refractivity contribution in [1.29, 1.82) is 0 Å². The van der Waals surface area contributed by atoms with Crippen LogP contribution in [0, 0.1) is 5.92 Å². The van der Waals surface area contributed by atoms with E-state index in [1.807, 2.05) is 18.2 Å². The number of amides is 2. The molecule has 182 valence electrons. The predicted octanol–water partition coefficient (Wildman–Crippen LogP) is 5.73. The molecule has 3 aromatic rings. The van der Waals surface area contributed by atoms with Crippen LogP contribution in [-0.4, -0.2) is 25.5 Å². The van der Waals surface area contributed by atoms with E-state index in [0.717, 1.165) is 5.56 Å². The van der Waals surface area contributed by atoms with E-state index < -0.39 is 5.92 Å². The molecule has 0 saturated carbocycles. The Kier molecular flexibility index (Phi) is 7.90. The predicted molar refractivity (Wildman–Crippen MR) is 137 cm³/mol. The lowest BCUT2D eigenvalue weighted by molar-refractivity contribution is -0.125. The van der Waals surface area contributed by atoms with E-state index in [1.54, 1.807) is 47.4 Å². The molecule has 3 aromatic carbocycles. The Bertz CT molecular complexity index is 1240. The maximum absolute atomic E-state index is 12.7. The van der Waals surface area contributed by atoms with E-state index in [4.69, 9.17) is 44.3 Å². The quantitative estimate of drug-likeness (QED) is 0.361. The van der Waals surface area contributed by atoms with Crippen LogP contribution < -0.4 is 25.2 Å². The van der Waals surface area contributed by atoms with Crippen LogP contribution in [0.15, 0.2) is 60.7 Å². The van der Waals surface area contributed by atoms with Crippen molar-refractivity contribution in [1.82, 2.24) is 5.43 Å². The fourth-order valence-electron chi connectivity index (χ4n) is 3.69. The van der Waals surface area contributed by atoms with E-state index in [0.29, 0.717) is 32.9 Å². The van der Waals surface area contributed by atoms with Gasteiger partial charge in [-0.3, -0.25) is 20.4 Å². The molecule has 2 N–H and O–H groups in total. The van der Waals surface area contributed by atoms with Gasteiger partial charge in [0.15, 0.2) is 11.5 Å². The largest absolute Gasteiger partial charge is 0.493 e. The summed E-state index contributed by atoms with van der Waals surface area (Å²) in [5, 5.41) is 1.45. The molecule has 0 bridgehead atoms. The lowest BCUT2D eigenvalue weighted by Crippen LogP contribution is -2.36. The molecule has 1 atom stereocenters. The lowest BCUT2D eigenvalue weighted by Gasteiger charge is -2.18. The van der Waals surface area contributed by atoms with E-state index in [9.17, 15) is 9.59 Å². The molecule has 35 heavy (non-hydrogen) atoms. The van der Waals surface area contributed by atoms with Crippen LogP contribution in [0.5, 0.6) is 11.5 Å². The molecule has 1 heterocycles. The molecule has 10 heteroatoms. The van der Waals surface area contributed by atoms with Crippen LogP contribution in [0.3, 0.4) is 0 Å². The van der Waals surface area contributed by atoms with Gasteiger partial charge in [0, 0.05) is 40.3 Å². The third-order valence-corrected chi connectivity index (χ3v) is 6.42. The number of nitrogens with zero attached hydrogens (tertiary/aromatic N) is 1. The van der Waals surface area contributed by atoms with E-state index in [2.05, 4.69) is 10.9 Å². The first-order chi connectivity index (χ1) is 16.9. The van der Waals surface area contributed by atoms with Gasteiger partial charge < -0.3 is 14.4 Å². The number of hydrogen-bond acceptors (Lipinski definition) is 5. The van der Waals surface area contributed by atoms with Gasteiger partial charge in [-0.2, -0.15) is 0 Å². The van der Waals surface area contributed by atoms with Crippen molar-refractivity contribution in [3.05, 3.63) is 81.3 Å². The van der Waals surface area contributed by atoms with Crippen molar-refractivity contribution < 1.29 is 19.1 Å². The molecule has 1 saturated heterocycles. The second-order valence-electron chi connectivity index (χ2n) is 7.87. The third kappa shape index (κ3) is 5.93. The van der Waals surface area contributed by atoms with Crippen molar-refractivity contribution in [2.45, 2.75) is 13.0 Å². The molecular weight excluding hydrogens is 513 g/mol. The van der Waals surface area contributed by atoms with Crippen molar-refractivity contribution in [3.8, 4) is 11.5 Å². The highest BCUT2D eigenvalue weighted by Crippen LogP contribution is 2.39. The Labute approximate surface area is 217 Å². The standard InChI is InChI=1S/C25H22Cl3N3O4/c1-34-22-12-18(11-21(28)24(22)35-14-15-4-2-3-5-20(15)27)29-30-25(33)16-10-23(32)31(13-16)19-8-6-17(26)7-9-19/h2-9,11-12,16,29H,10,13-14H2,1H3,(H,30,33)/t16-/m0/s1. The molecule has 1 fully saturated rings. The van der Waals surface area contributed by atoms with Gasteiger partial charge >= 0.3 is 0 Å². The summed E-state index contributed by atoms with van der Waals surface area (Å²) >= 11 is 18.5. The van der Waals surface area contributed by atoms with Gasteiger partial charge in [-0.1, -0.05) is 53.0 Å². The first kappa shape index (κ1) is 25.0. The highest BCUT2D eigenvalue weighted by Gasteiger charge is 2.35. The van der Waals surface area contributed by atoms with Gasteiger partial charge in [-0.15, -0.1) is 0 Å². The average molecular weight is 535 g/mol. The van der Waals surface area contributed by atoms with Crippen LogP contribution in [0.25, 0.3) is 0 Å². The molecule has 1 aliphatic heterocycles. The maximum Gasteiger partial charge on any atom is 0.243 e. The second kappa shape index (κ2) is 11.1. The molecule has 0 aromatic heterocycles. The molecule has 4 rings (SSSR count). The van der Waals surface area contributed by atoms with E-state index in [-0.39, 0.29) is 36.4 Å². The topological polar surface area (TPSA) is 79.9 Å². The first-order valence-electron chi connectivity index (χ1n) is 10.7. The molecule has 0 radical (unpaired) electrons. The Hall–Kier alpha value is -3.13. The number of hydrogen-bond donors (Lipinski definition) is 2. The number of carbonyl (C=O) groups is 2. The molecular formula is C25H22Cl3N3O4. The normalized spacial score (nSPS) is 15.1. The number of anilines is 2. The maximum atomic E-state index is 12.7. The summed E-state index contributed by atoms with van der Waals surface area (Å²) in [6, 6.07) is 17.5. The number of hydrazine groups is 1. The van der Waals surface area contributed by atoms with Gasteiger partial charge in [0.1, 0.15) is 6.61 Å². The number of nitrogens with one attached hydrogen (secondary N) is 2. The summed E-state index contributed by atoms with van der Waals surface area (Å²) in [5.41, 5.74) is 7.48. The van der Waals surface area contributed by atoms with E-state index >= 15 is 0 Å².